The average Bonchev–Trinajstić information content (AvgIpc) is 0.839. The van der Waals surface area contributed by atoms with Crippen molar-refractivity contribution in [3.8, 4) is 0 Å². The summed E-state index contributed by atoms with van der Waals surface area (Å²) in [5.74, 6) is -0.267. The lowest BCUT2D eigenvalue weighted by atomic mass is 9.96. The number of amides is 1. The Balaban J connectivity index is 1.41. The number of unbranched alkanes of at least 4 members (excludes halogenated alkanes) is 44. The summed E-state index contributed by atoms with van der Waals surface area (Å²) in [6.45, 7) is 1.79. The molecule has 0 aromatic carbocycles. The van der Waals surface area contributed by atoms with E-state index in [0.717, 1.165) is 44.9 Å². The third-order valence-electron chi connectivity index (χ3n) is 19.3. The van der Waals surface area contributed by atoms with E-state index in [0.29, 0.717) is 6.42 Å². The van der Waals surface area contributed by atoms with Crippen LogP contribution in [0, 0.1) is 0 Å². The Morgan fingerprint density at radius 1 is 0.380 bits per heavy atom. The maximum atomic E-state index is 13.4. The molecule has 544 valence electrons. The number of nitrogens with one attached hydrogen (secondary N) is 1. The highest BCUT2D eigenvalue weighted by molar-refractivity contribution is 5.76. The summed E-state index contributed by atoms with van der Waals surface area (Å²) in [4.78, 5) is 13.4. The lowest BCUT2D eigenvalue weighted by Crippen LogP contribution is -2.66. The molecule has 0 radical (unpaired) electrons. The second-order valence-electron chi connectivity index (χ2n) is 27.5. The van der Waals surface area contributed by atoms with Crippen molar-refractivity contribution in [1.29, 1.82) is 0 Å². The molecule has 0 saturated carbocycles. The van der Waals surface area contributed by atoms with E-state index in [1.165, 1.54) is 244 Å². The number of aliphatic hydroxyl groups excluding tert-OH is 11. The van der Waals surface area contributed by atoms with Crippen LogP contribution in [0.1, 0.15) is 316 Å². The fourth-order valence-corrected chi connectivity index (χ4v) is 13.2. The lowest BCUT2D eigenvalue weighted by molar-refractivity contribution is -0.379. The second-order valence-corrected chi connectivity index (χ2v) is 27.5. The number of allylic oxidation sites excluding steroid dienone is 1. The molecule has 0 aromatic rings. The number of carbonyl (C=O) groups excluding carboxylic acids is 1. The first-order valence-corrected chi connectivity index (χ1v) is 37.9. The van der Waals surface area contributed by atoms with Gasteiger partial charge in [0.25, 0.3) is 0 Å². The summed E-state index contributed by atoms with van der Waals surface area (Å²) >= 11 is 0. The first kappa shape index (κ1) is 84.8. The Morgan fingerprint density at radius 2 is 0.674 bits per heavy atom. The molecule has 17 unspecified atom stereocenters. The van der Waals surface area contributed by atoms with Gasteiger partial charge in [-0.15, -0.1) is 0 Å². The Hall–Kier alpha value is -1.47. The number of hydrogen-bond acceptors (Lipinski definition) is 18. The van der Waals surface area contributed by atoms with Crippen molar-refractivity contribution < 1.29 is 89.4 Å². The Morgan fingerprint density at radius 3 is 1.02 bits per heavy atom. The zero-order valence-corrected chi connectivity index (χ0v) is 57.8. The third-order valence-corrected chi connectivity index (χ3v) is 19.3. The SMILES string of the molecule is CCCCCCCCCCCCCCCCCCCCCCCCC/C=C/C(O)C(COC1OC(CO)C(OC2OC(CO)C(OC3OC(CO)C(O)C(O)C3O)C(O)C2O)C(O)C1O)NC(=O)CCCCCCCCCCCCCCCCCCCCCCCC. The van der Waals surface area contributed by atoms with Crippen LogP contribution in [0.15, 0.2) is 12.2 Å². The van der Waals surface area contributed by atoms with Crippen molar-refractivity contribution in [2.24, 2.45) is 0 Å². The van der Waals surface area contributed by atoms with E-state index in [1.807, 2.05) is 6.08 Å². The Bertz CT molecular complexity index is 1720. The first-order chi connectivity index (χ1) is 44.8. The third kappa shape index (κ3) is 36.4. The maximum absolute atomic E-state index is 13.4. The molecule has 3 aliphatic rings. The van der Waals surface area contributed by atoms with Gasteiger partial charge in [0.15, 0.2) is 18.9 Å². The van der Waals surface area contributed by atoms with E-state index in [9.17, 15) is 61.0 Å². The van der Waals surface area contributed by atoms with Crippen LogP contribution in [0.3, 0.4) is 0 Å². The van der Waals surface area contributed by atoms with Crippen molar-refractivity contribution >= 4 is 5.91 Å². The normalized spacial score (nSPS) is 27.7. The number of ether oxygens (including phenoxy) is 6. The molecule has 0 bridgehead atoms. The second kappa shape index (κ2) is 55.4. The van der Waals surface area contributed by atoms with Gasteiger partial charge in [-0.2, -0.15) is 0 Å². The molecular weight excluding hydrogens is 1180 g/mol. The first-order valence-electron chi connectivity index (χ1n) is 37.9. The van der Waals surface area contributed by atoms with Crippen LogP contribution in [0.25, 0.3) is 0 Å². The van der Waals surface area contributed by atoms with Crippen LogP contribution in [0.2, 0.25) is 0 Å². The van der Waals surface area contributed by atoms with Crippen LogP contribution < -0.4 is 5.32 Å². The van der Waals surface area contributed by atoms with Gasteiger partial charge in [0, 0.05) is 6.42 Å². The van der Waals surface area contributed by atoms with Gasteiger partial charge in [0.05, 0.1) is 38.6 Å². The highest BCUT2D eigenvalue weighted by atomic mass is 16.8. The molecule has 19 nitrogen and oxygen atoms in total. The van der Waals surface area contributed by atoms with Gasteiger partial charge in [0.2, 0.25) is 5.91 Å². The zero-order valence-electron chi connectivity index (χ0n) is 57.8. The summed E-state index contributed by atoms with van der Waals surface area (Å²) in [5, 5.41) is 121. The van der Waals surface area contributed by atoms with Crippen LogP contribution in [-0.4, -0.2) is 193 Å². The van der Waals surface area contributed by atoms with Crippen LogP contribution in [0.4, 0.5) is 0 Å². The predicted molar refractivity (Wildman–Crippen MR) is 360 cm³/mol. The minimum atomic E-state index is -1.98. The lowest BCUT2D eigenvalue weighted by Gasteiger charge is -2.48. The largest absolute Gasteiger partial charge is 0.394 e. The minimum Gasteiger partial charge on any atom is -0.394 e. The van der Waals surface area contributed by atoms with E-state index < -0.39 is 124 Å². The van der Waals surface area contributed by atoms with Gasteiger partial charge in [0.1, 0.15) is 73.2 Å². The highest BCUT2D eigenvalue weighted by Gasteiger charge is 2.53. The molecule has 0 aromatic heterocycles. The molecule has 3 aliphatic heterocycles. The Kier molecular flexibility index (Phi) is 51.0. The molecule has 3 saturated heterocycles. The van der Waals surface area contributed by atoms with E-state index >= 15 is 0 Å². The number of carbonyl (C=O) groups is 1. The molecule has 12 N–H and O–H groups in total. The van der Waals surface area contributed by atoms with Crippen molar-refractivity contribution in [2.45, 2.75) is 420 Å². The Labute approximate surface area is 556 Å². The molecule has 1 amide bonds. The van der Waals surface area contributed by atoms with Crippen LogP contribution >= 0.6 is 0 Å². The average molecular weight is 1320 g/mol. The summed E-state index contributed by atoms with van der Waals surface area (Å²) in [7, 11) is 0. The highest BCUT2D eigenvalue weighted by Crippen LogP contribution is 2.33. The summed E-state index contributed by atoms with van der Waals surface area (Å²) < 4.78 is 34.4. The van der Waals surface area contributed by atoms with Crippen molar-refractivity contribution in [3.05, 3.63) is 12.2 Å². The van der Waals surface area contributed by atoms with Gasteiger partial charge in [-0.3, -0.25) is 4.79 Å². The molecule has 19 heteroatoms. The van der Waals surface area contributed by atoms with Gasteiger partial charge in [-0.05, 0) is 19.3 Å². The van der Waals surface area contributed by atoms with Gasteiger partial charge < -0.3 is 89.9 Å². The topological polar surface area (TPSA) is 307 Å². The van der Waals surface area contributed by atoms with Crippen LogP contribution in [-0.2, 0) is 33.2 Å². The monoisotopic (exact) mass is 1320 g/mol. The predicted octanol–water partition coefficient (Wildman–Crippen LogP) is 11.2. The minimum absolute atomic E-state index is 0.250. The standard InChI is InChI=1S/C73H139NO18/c1-3-5-7-9-11-13-15-17-19-21-23-25-27-28-29-30-32-34-36-38-40-42-44-46-48-50-57(78)56(74-61(79)51-49-47-45-43-41-39-37-35-33-31-26-24-22-20-18-16-14-12-10-8-6-4-2)55-87-71-67(85)64(82)69(59(53-76)89-71)92-73-68(86)65(83)70(60(54-77)90-73)91-72-66(84)63(81)62(80)58(52-75)88-72/h48,50,56-60,62-73,75-78,80-86H,3-47,49,51-55H2,1-2H3,(H,74,79)/b50-48+. The summed E-state index contributed by atoms with van der Waals surface area (Å²) in [6.07, 6.45) is 36.2. The van der Waals surface area contributed by atoms with Crippen molar-refractivity contribution in [1.82, 2.24) is 5.32 Å². The molecule has 3 heterocycles. The molecule has 92 heavy (non-hydrogen) atoms. The quantitative estimate of drug-likeness (QED) is 0.0199. The molecular formula is C73H139NO18. The van der Waals surface area contributed by atoms with Crippen LogP contribution in [0.5, 0.6) is 0 Å². The van der Waals surface area contributed by atoms with E-state index in [-0.39, 0.29) is 18.9 Å². The molecule has 3 fully saturated rings. The van der Waals surface area contributed by atoms with Gasteiger partial charge >= 0.3 is 0 Å². The van der Waals surface area contributed by atoms with Gasteiger partial charge in [-0.1, -0.05) is 302 Å². The zero-order chi connectivity index (χ0) is 66.8. The van der Waals surface area contributed by atoms with E-state index in [4.69, 9.17) is 28.4 Å². The number of aliphatic hydroxyl groups is 11. The summed E-state index contributed by atoms with van der Waals surface area (Å²) in [5.41, 5.74) is 0. The molecule has 17 atom stereocenters. The van der Waals surface area contributed by atoms with E-state index in [1.54, 1.807) is 6.08 Å². The smallest absolute Gasteiger partial charge is 0.220 e. The maximum Gasteiger partial charge on any atom is 0.220 e. The van der Waals surface area contributed by atoms with Gasteiger partial charge in [-0.25, -0.2) is 0 Å². The van der Waals surface area contributed by atoms with E-state index in [2.05, 4.69) is 19.2 Å². The molecule has 0 spiro atoms. The fraction of sp³-hybridized carbons (Fsp3) is 0.959. The summed E-state index contributed by atoms with van der Waals surface area (Å²) in [6, 6.07) is -0.969. The van der Waals surface area contributed by atoms with Crippen molar-refractivity contribution in [3.63, 3.8) is 0 Å². The van der Waals surface area contributed by atoms with Crippen molar-refractivity contribution in [2.75, 3.05) is 26.4 Å². The fourth-order valence-electron chi connectivity index (χ4n) is 13.2. The number of hydrogen-bond donors (Lipinski definition) is 12. The molecule has 0 aliphatic carbocycles. The molecule has 3 rings (SSSR count). The number of rotatable bonds is 60.